The van der Waals surface area contributed by atoms with Gasteiger partial charge in [-0.05, 0) is 38.5 Å². The van der Waals surface area contributed by atoms with Gasteiger partial charge in [0.25, 0.3) is 5.91 Å². The summed E-state index contributed by atoms with van der Waals surface area (Å²) >= 11 is 0. The number of carbonyl (C=O) groups is 4. The Bertz CT molecular complexity index is 1050. The summed E-state index contributed by atoms with van der Waals surface area (Å²) in [6, 6.07) is 4.07. The molecule has 35 heavy (non-hydrogen) atoms. The van der Waals surface area contributed by atoms with Gasteiger partial charge in [0.05, 0.1) is 18.4 Å². The van der Waals surface area contributed by atoms with E-state index in [-0.39, 0.29) is 43.8 Å². The normalized spacial score (nSPS) is 15.3. The number of rotatable bonds is 10. The van der Waals surface area contributed by atoms with E-state index in [0.29, 0.717) is 22.9 Å². The molecule has 0 aliphatic carbocycles. The summed E-state index contributed by atoms with van der Waals surface area (Å²) in [6.07, 6.45) is 1.53. The molecule has 0 fully saturated rings. The van der Waals surface area contributed by atoms with E-state index >= 15 is 0 Å². The number of H-pyrrole nitrogens is 1. The molecule has 3 rings (SSSR count). The maximum atomic E-state index is 12.5. The minimum atomic E-state index is -0.972. The number of ether oxygens (including phenoxy) is 3. The lowest BCUT2D eigenvalue weighted by atomic mass is 10.0. The Kier molecular flexibility index (Phi) is 8.65. The van der Waals surface area contributed by atoms with E-state index in [0.717, 1.165) is 0 Å². The van der Waals surface area contributed by atoms with Crippen LogP contribution in [0.2, 0.25) is 0 Å². The summed E-state index contributed by atoms with van der Waals surface area (Å²) in [5, 5.41) is 7.89. The smallest absolute Gasteiger partial charge is 0.408 e. The van der Waals surface area contributed by atoms with Crippen LogP contribution in [-0.2, 0) is 30.3 Å². The van der Waals surface area contributed by atoms with Gasteiger partial charge in [-0.1, -0.05) is 6.07 Å². The Labute approximate surface area is 202 Å². The van der Waals surface area contributed by atoms with Gasteiger partial charge < -0.3 is 29.8 Å². The van der Waals surface area contributed by atoms with Gasteiger partial charge in [0.1, 0.15) is 11.8 Å². The molecule has 12 nitrogen and oxygen atoms in total. The van der Waals surface area contributed by atoms with Gasteiger partial charge in [0.2, 0.25) is 11.9 Å². The number of benzene rings is 1. The minimum absolute atomic E-state index is 0.0611. The average Bonchev–Trinajstić information content (AvgIpc) is 3.29. The number of esters is 1. The molecule has 4 N–H and O–H groups in total. The molecule has 0 unspecified atom stereocenters. The molecule has 1 aromatic heterocycles. The van der Waals surface area contributed by atoms with Gasteiger partial charge in [0, 0.05) is 31.7 Å². The molecule has 2 aromatic rings. The first-order valence-electron chi connectivity index (χ1n) is 11.3. The van der Waals surface area contributed by atoms with Crippen molar-refractivity contribution >= 4 is 35.5 Å². The Balaban J connectivity index is 1.61. The van der Waals surface area contributed by atoms with Crippen molar-refractivity contribution in [2.75, 3.05) is 17.2 Å². The molecule has 0 saturated heterocycles. The Morgan fingerprint density at radius 3 is 2.74 bits per heavy atom. The largest absolute Gasteiger partial charge is 0.478 e. The first-order valence-corrected chi connectivity index (χ1v) is 11.3. The summed E-state index contributed by atoms with van der Waals surface area (Å²) in [4.78, 5) is 55.6. The van der Waals surface area contributed by atoms with Crippen molar-refractivity contribution in [1.29, 1.82) is 0 Å². The Morgan fingerprint density at radius 2 is 2.06 bits per heavy atom. The molecule has 12 heteroatoms. The summed E-state index contributed by atoms with van der Waals surface area (Å²) in [5.41, 5.74) is 1.09. The molecule has 1 aliphatic heterocycles. The quantitative estimate of drug-likeness (QED) is 0.371. The molecule has 188 valence electrons. The number of hydrogen-bond acceptors (Lipinski definition) is 8. The number of imidazole rings is 1. The highest BCUT2D eigenvalue weighted by Gasteiger charge is 2.29. The van der Waals surface area contributed by atoms with Crippen LogP contribution in [0.1, 0.15) is 39.2 Å². The number of hydrogen-bond donors (Lipinski definition) is 4. The van der Waals surface area contributed by atoms with E-state index in [4.69, 9.17) is 14.2 Å². The molecule has 1 aromatic carbocycles. The fraction of sp³-hybridized carbons (Fsp3) is 0.435. The van der Waals surface area contributed by atoms with Crippen LogP contribution < -0.4 is 20.7 Å². The van der Waals surface area contributed by atoms with Gasteiger partial charge in [-0.2, -0.15) is 0 Å². The number of aromatic nitrogens is 2. The third-order valence-electron chi connectivity index (χ3n) is 4.90. The molecule has 0 saturated carbocycles. The predicted octanol–water partition coefficient (Wildman–Crippen LogP) is 2.14. The van der Waals surface area contributed by atoms with Gasteiger partial charge in [-0.25, -0.2) is 14.6 Å². The molecule has 3 amide bonds. The second kappa shape index (κ2) is 11.9. The van der Waals surface area contributed by atoms with Crippen molar-refractivity contribution < 1.29 is 33.4 Å². The highest BCUT2D eigenvalue weighted by Crippen LogP contribution is 2.32. The van der Waals surface area contributed by atoms with Crippen molar-refractivity contribution in [1.82, 2.24) is 15.3 Å². The zero-order valence-corrected chi connectivity index (χ0v) is 19.8. The lowest BCUT2D eigenvalue weighted by Crippen LogP contribution is -2.44. The molecule has 2 atom stereocenters. The number of carbonyl (C=O) groups excluding carboxylic acids is 4. The van der Waals surface area contributed by atoms with Crippen LogP contribution in [0.25, 0.3) is 0 Å². The molecule has 2 heterocycles. The van der Waals surface area contributed by atoms with Gasteiger partial charge in [0.15, 0.2) is 6.10 Å². The zero-order chi connectivity index (χ0) is 25.4. The number of aromatic amines is 1. The van der Waals surface area contributed by atoms with Gasteiger partial charge in [-0.3, -0.25) is 14.9 Å². The van der Waals surface area contributed by atoms with Crippen LogP contribution in [0, 0.1) is 0 Å². The minimum Gasteiger partial charge on any atom is -0.478 e. The summed E-state index contributed by atoms with van der Waals surface area (Å²) in [7, 11) is 0. The Hall–Kier alpha value is -4.09. The summed E-state index contributed by atoms with van der Waals surface area (Å²) < 4.78 is 15.9. The van der Waals surface area contributed by atoms with Crippen molar-refractivity contribution in [2.24, 2.45) is 0 Å². The van der Waals surface area contributed by atoms with Gasteiger partial charge in [-0.15, -0.1) is 0 Å². The van der Waals surface area contributed by atoms with Crippen LogP contribution >= 0.6 is 0 Å². The molecule has 0 spiro atoms. The maximum absolute atomic E-state index is 12.5. The average molecular weight is 488 g/mol. The molecular formula is C23H29N5O7. The second-order valence-electron chi connectivity index (χ2n) is 8.06. The van der Waals surface area contributed by atoms with E-state index in [1.54, 1.807) is 45.2 Å². The predicted molar refractivity (Wildman–Crippen MR) is 125 cm³/mol. The lowest BCUT2D eigenvalue weighted by Gasteiger charge is -2.26. The van der Waals surface area contributed by atoms with Crippen LogP contribution in [0.3, 0.4) is 0 Å². The first kappa shape index (κ1) is 25.5. The Morgan fingerprint density at radius 1 is 1.26 bits per heavy atom. The van der Waals surface area contributed by atoms with Crippen molar-refractivity contribution in [3.8, 4) is 5.75 Å². The highest BCUT2D eigenvalue weighted by molar-refractivity contribution is 5.98. The fourth-order valence-corrected chi connectivity index (χ4v) is 3.37. The van der Waals surface area contributed by atoms with Crippen molar-refractivity contribution in [3.05, 3.63) is 36.2 Å². The van der Waals surface area contributed by atoms with Crippen LogP contribution in [-0.4, -0.2) is 58.7 Å². The van der Waals surface area contributed by atoms with Crippen LogP contribution in [0.15, 0.2) is 30.6 Å². The first-order chi connectivity index (χ1) is 16.7. The van der Waals surface area contributed by atoms with E-state index < -0.39 is 24.2 Å². The number of nitrogens with zero attached hydrogens (tertiary/aromatic N) is 1. The lowest BCUT2D eigenvalue weighted by molar-refractivity contribution is -0.145. The third kappa shape index (κ3) is 7.45. The van der Waals surface area contributed by atoms with E-state index in [1.807, 2.05) is 0 Å². The van der Waals surface area contributed by atoms with Crippen molar-refractivity contribution in [3.63, 3.8) is 0 Å². The van der Waals surface area contributed by atoms with Crippen LogP contribution in [0.4, 0.5) is 16.4 Å². The fourth-order valence-electron chi connectivity index (χ4n) is 3.37. The van der Waals surface area contributed by atoms with Crippen LogP contribution in [0.5, 0.6) is 5.75 Å². The number of nitrogens with one attached hydrogen (secondary N) is 4. The highest BCUT2D eigenvalue weighted by atomic mass is 16.6. The zero-order valence-electron chi connectivity index (χ0n) is 19.8. The van der Waals surface area contributed by atoms with E-state index in [9.17, 15) is 19.2 Å². The molecule has 0 bridgehead atoms. The number of alkyl carbamates (subject to hydrolysis) is 1. The maximum Gasteiger partial charge on any atom is 0.408 e. The number of anilines is 2. The monoisotopic (exact) mass is 487 g/mol. The third-order valence-corrected chi connectivity index (χ3v) is 4.90. The van der Waals surface area contributed by atoms with E-state index in [1.165, 1.54) is 6.20 Å². The topological polar surface area (TPSA) is 161 Å². The summed E-state index contributed by atoms with van der Waals surface area (Å²) in [5.74, 6) is -0.522. The standard InChI is InChI=1S/C23H29N5O7/c1-4-33-21(31)16(27-23(32)34-13(2)3)12-14-5-6-17-15(11-14)26-20(30)18(35-17)7-8-19(29)28-22-24-9-10-25-22/h5-6,9-11,13,16,18H,4,7-8,12H2,1-3H3,(H,26,30)(H,27,32)(H2,24,25,28,29)/t16-,18+/m0/s1. The number of fused-ring (bicyclic) bond motifs is 1. The number of amides is 3. The molecule has 0 radical (unpaired) electrons. The SMILES string of the molecule is CCOC(=O)[C@H](Cc1ccc2c(c1)NC(=O)[C@@H](CCC(=O)Nc1ncc[nH]1)O2)NC(=O)OC(C)C. The van der Waals surface area contributed by atoms with E-state index in [2.05, 4.69) is 25.9 Å². The molecular weight excluding hydrogens is 458 g/mol. The molecule has 1 aliphatic rings. The summed E-state index contributed by atoms with van der Waals surface area (Å²) in [6.45, 7) is 5.23. The van der Waals surface area contributed by atoms with Crippen molar-refractivity contribution in [2.45, 2.75) is 58.3 Å². The van der Waals surface area contributed by atoms with Gasteiger partial charge >= 0.3 is 12.1 Å². The second-order valence-corrected chi connectivity index (χ2v) is 8.06.